The summed E-state index contributed by atoms with van der Waals surface area (Å²) in [6.07, 6.45) is 5.68. The molecule has 0 aromatic carbocycles. The highest BCUT2D eigenvalue weighted by Gasteiger charge is 2.33. The highest BCUT2D eigenvalue weighted by atomic mass is 32.1. The van der Waals surface area contributed by atoms with Gasteiger partial charge in [-0.3, -0.25) is 9.99 Å². The van der Waals surface area contributed by atoms with Crippen LogP contribution >= 0.6 is 12.2 Å². The Labute approximate surface area is 118 Å². The molecule has 0 amide bonds. The van der Waals surface area contributed by atoms with Crippen LogP contribution in [0.4, 0.5) is 0 Å². The van der Waals surface area contributed by atoms with E-state index < -0.39 is 0 Å². The third-order valence-corrected chi connectivity index (χ3v) is 3.30. The lowest BCUT2D eigenvalue weighted by atomic mass is 10.2. The third kappa shape index (κ3) is 2.89. The second-order valence-corrected chi connectivity index (χ2v) is 4.47. The van der Waals surface area contributed by atoms with Gasteiger partial charge >= 0.3 is 0 Å². The number of pyridine rings is 1. The van der Waals surface area contributed by atoms with Crippen LogP contribution in [-0.4, -0.2) is 33.1 Å². The van der Waals surface area contributed by atoms with E-state index in [0.29, 0.717) is 24.6 Å². The number of nitrogens with zero attached hydrogens (tertiary/aromatic N) is 4. The van der Waals surface area contributed by atoms with E-state index in [1.54, 1.807) is 18.5 Å². The second-order valence-electron chi connectivity index (χ2n) is 4.10. The van der Waals surface area contributed by atoms with Gasteiger partial charge in [0.25, 0.3) is 0 Å². The predicted molar refractivity (Wildman–Crippen MR) is 76.6 cm³/mol. The van der Waals surface area contributed by atoms with E-state index in [1.807, 2.05) is 22.0 Å². The van der Waals surface area contributed by atoms with Crippen LogP contribution in [0.25, 0.3) is 0 Å². The van der Waals surface area contributed by atoms with Gasteiger partial charge in [0.15, 0.2) is 5.11 Å². The summed E-state index contributed by atoms with van der Waals surface area (Å²) in [7, 11) is 0. The first-order chi connectivity index (χ1) is 9.27. The predicted octanol–water partition coefficient (Wildman–Crippen LogP) is 1.59. The molecular weight excluding hydrogens is 258 g/mol. The molecule has 1 atom stereocenters. The van der Waals surface area contributed by atoms with E-state index in [2.05, 4.69) is 23.1 Å². The Hall–Kier alpha value is -1.97. The Morgan fingerprint density at radius 2 is 2.47 bits per heavy atom. The summed E-state index contributed by atoms with van der Waals surface area (Å²) in [5, 5.41) is 11.3. The molecule has 0 aliphatic carbocycles. The summed E-state index contributed by atoms with van der Waals surface area (Å²) in [6, 6.07) is 6.03. The van der Waals surface area contributed by atoms with Crippen molar-refractivity contribution >= 4 is 17.3 Å². The standard InChI is InChI=1S/C13H15N5S/c1-2-8-18-13(19)17(9-4-6-14)12(16-18)11-5-3-7-15-10-11/h2-3,5,7,10,12,16H,1,4,8-9H2/t12-/m1/s1. The van der Waals surface area contributed by atoms with Gasteiger partial charge in [-0.2, -0.15) is 5.26 Å². The quantitative estimate of drug-likeness (QED) is 0.649. The summed E-state index contributed by atoms with van der Waals surface area (Å²) in [5.41, 5.74) is 4.34. The molecule has 98 valence electrons. The molecule has 1 saturated heterocycles. The highest BCUT2D eigenvalue weighted by Crippen LogP contribution is 2.25. The number of thiocarbonyl (C=S) groups is 1. The van der Waals surface area contributed by atoms with Crippen LogP contribution in [0, 0.1) is 11.3 Å². The van der Waals surface area contributed by atoms with Gasteiger partial charge in [0.1, 0.15) is 6.17 Å². The Balaban J connectivity index is 2.22. The molecule has 1 N–H and O–H groups in total. The Bertz CT molecular complexity index is 496. The lowest BCUT2D eigenvalue weighted by Crippen LogP contribution is -2.35. The average molecular weight is 273 g/mol. The molecule has 19 heavy (non-hydrogen) atoms. The van der Waals surface area contributed by atoms with E-state index >= 15 is 0 Å². The minimum atomic E-state index is -0.0745. The minimum absolute atomic E-state index is 0.0745. The maximum atomic E-state index is 8.76. The van der Waals surface area contributed by atoms with Crippen LogP contribution in [-0.2, 0) is 0 Å². The summed E-state index contributed by atoms with van der Waals surface area (Å²) >= 11 is 5.43. The normalized spacial score (nSPS) is 18.5. The number of hydrogen-bond donors (Lipinski definition) is 1. The largest absolute Gasteiger partial charge is 0.326 e. The van der Waals surface area contributed by atoms with Gasteiger partial charge in [0.05, 0.1) is 19.0 Å². The molecule has 0 radical (unpaired) electrons. The molecule has 1 fully saturated rings. The fourth-order valence-electron chi connectivity index (χ4n) is 1.99. The molecule has 0 unspecified atom stereocenters. The first-order valence-electron chi connectivity index (χ1n) is 6.00. The van der Waals surface area contributed by atoms with Crippen molar-refractivity contribution in [1.29, 1.82) is 5.26 Å². The van der Waals surface area contributed by atoms with Crippen molar-refractivity contribution in [1.82, 2.24) is 20.3 Å². The van der Waals surface area contributed by atoms with Gasteiger partial charge in [-0.15, -0.1) is 6.58 Å². The highest BCUT2D eigenvalue weighted by molar-refractivity contribution is 7.80. The van der Waals surface area contributed by atoms with Crippen molar-refractivity contribution < 1.29 is 0 Å². The minimum Gasteiger partial charge on any atom is -0.326 e. The fraction of sp³-hybridized carbons (Fsp3) is 0.308. The molecule has 2 heterocycles. The fourth-order valence-corrected chi connectivity index (χ4v) is 2.31. The summed E-state index contributed by atoms with van der Waals surface area (Å²) < 4.78 is 0. The van der Waals surface area contributed by atoms with Crippen molar-refractivity contribution in [2.75, 3.05) is 13.1 Å². The molecule has 1 aliphatic rings. The van der Waals surface area contributed by atoms with Crippen molar-refractivity contribution in [3.63, 3.8) is 0 Å². The van der Waals surface area contributed by atoms with E-state index in [1.165, 1.54) is 0 Å². The van der Waals surface area contributed by atoms with Gasteiger partial charge < -0.3 is 4.90 Å². The molecule has 1 aromatic rings. The summed E-state index contributed by atoms with van der Waals surface area (Å²) in [4.78, 5) is 6.13. The number of aromatic nitrogens is 1. The number of nitrogens with one attached hydrogen (secondary N) is 1. The topological polar surface area (TPSA) is 55.2 Å². The van der Waals surface area contributed by atoms with Crippen LogP contribution in [0.1, 0.15) is 18.2 Å². The summed E-state index contributed by atoms with van der Waals surface area (Å²) in [5.74, 6) is 0. The van der Waals surface area contributed by atoms with Crippen LogP contribution < -0.4 is 5.43 Å². The van der Waals surface area contributed by atoms with Gasteiger partial charge in [-0.05, 0) is 18.3 Å². The van der Waals surface area contributed by atoms with Gasteiger partial charge in [-0.25, -0.2) is 5.43 Å². The molecule has 2 rings (SSSR count). The molecule has 5 nitrogen and oxygen atoms in total. The Morgan fingerprint density at radius 1 is 1.63 bits per heavy atom. The zero-order valence-electron chi connectivity index (χ0n) is 10.5. The van der Waals surface area contributed by atoms with Crippen LogP contribution in [0.15, 0.2) is 37.2 Å². The van der Waals surface area contributed by atoms with Gasteiger partial charge in [0, 0.05) is 24.5 Å². The molecule has 1 aliphatic heterocycles. The van der Waals surface area contributed by atoms with Gasteiger partial charge in [0.2, 0.25) is 0 Å². The summed E-state index contributed by atoms with van der Waals surface area (Å²) in [6.45, 7) is 4.94. The van der Waals surface area contributed by atoms with Gasteiger partial charge in [-0.1, -0.05) is 12.1 Å². The first-order valence-corrected chi connectivity index (χ1v) is 6.41. The molecular formula is C13H15N5S. The zero-order valence-corrected chi connectivity index (χ0v) is 11.3. The number of rotatable bonds is 5. The SMILES string of the molecule is C=CCN1N[C@@H](c2cccnc2)N(CCC#N)C1=S. The maximum absolute atomic E-state index is 8.76. The smallest absolute Gasteiger partial charge is 0.188 e. The first kappa shape index (κ1) is 13.5. The van der Waals surface area contributed by atoms with Crippen molar-refractivity contribution in [3.05, 3.63) is 42.7 Å². The monoisotopic (exact) mass is 273 g/mol. The van der Waals surface area contributed by atoms with Crippen LogP contribution in [0.5, 0.6) is 0 Å². The molecule has 1 aromatic heterocycles. The molecule has 0 spiro atoms. The molecule has 0 saturated carbocycles. The Morgan fingerprint density at radius 3 is 3.11 bits per heavy atom. The lowest BCUT2D eigenvalue weighted by Gasteiger charge is -2.22. The van der Waals surface area contributed by atoms with E-state index in [0.717, 1.165) is 5.56 Å². The van der Waals surface area contributed by atoms with Crippen molar-refractivity contribution in [2.45, 2.75) is 12.6 Å². The zero-order chi connectivity index (χ0) is 13.7. The van der Waals surface area contributed by atoms with E-state index in [9.17, 15) is 0 Å². The maximum Gasteiger partial charge on any atom is 0.188 e. The van der Waals surface area contributed by atoms with Crippen LogP contribution in [0.2, 0.25) is 0 Å². The second kappa shape index (κ2) is 6.27. The number of hydrazine groups is 1. The van der Waals surface area contributed by atoms with E-state index in [4.69, 9.17) is 17.5 Å². The van der Waals surface area contributed by atoms with E-state index in [-0.39, 0.29) is 6.17 Å². The number of hydrogen-bond acceptors (Lipinski definition) is 4. The van der Waals surface area contributed by atoms with Crippen molar-refractivity contribution in [2.24, 2.45) is 0 Å². The average Bonchev–Trinajstić information content (AvgIpc) is 2.75. The molecule has 0 bridgehead atoms. The number of nitriles is 1. The lowest BCUT2D eigenvalue weighted by molar-refractivity contribution is 0.272. The Kier molecular flexibility index (Phi) is 4.44. The van der Waals surface area contributed by atoms with Crippen molar-refractivity contribution in [3.8, 4) is 6.07 Å². The molecule has 6 heteroatoms. The third-order valence-electron chi connectivity index (χ3n) is 2.84. The van der Waals surface area contributed by atoms with Crippen LogP contribution in [0.3, 0.4) is 0 Å².